The van der Waals surface area contributed by atoms with Crippen LogP contribution < -0.4 is 10.1 Å². The molecule has 3 aromatic rings. The molecule has 3 heterocycles. The predicted molar refractivity (Wildman–Crippen MR) is 125 cm³/mol. The molecule has 0 radical (unpaired) electrons. The van der Waals surface area contributed by atoms with Gasteiger partial charge in [0.1, 0.15) is 5.75 Å². The SMILES string of the molecule is COc1cc2c(cc1Nc1ncc3c(C)nn([C@H]4CC[C@@H](C(=O)O)CC4)c3n1)CN(C)CC2. The molecular weight excluding hydrogens is 420 g/mol. The van der Waals surface area contributed by atoms with Gasteiger partial charge in [0.25, 0.3) is 0 Å². The van der Waals surface area contributed by atoms with Gasteiger partial charge in [-0.2, -0.15) is 10.1 Å². The fraction of sp³-hybridized carbons (Fsp3) is 0.500. The summed E-state index contributed by atoms with van der Waals surface area (Å²) in [4.78, 5) is 23.0. The van der Waals surface area contributed by atoms with E-state index in [1.54, 1.807) is 7.11 Å². The van der Waals surface area contributed by atoms with Crippen LogP contribution in [-0.2, 0) is 17.8 Å². The minimum absolute atomic E-state index is 0.147. The Labute approximate surface area is 192 Å². The molecule has 1 saturated carbocycles. The number of methoxy groups -OCH3 is 1. The number of nitrogens with one attached hydrogen (secondary N) is 1. The Morgan fingerprint density at radius 3 is 2.73 bits per heavy atom. The van der Waals surface area contributed by atoms with E-state index in [-0.39, 0.29) is 12.0 Å². The number of aliphatic carboxylic acids is 1. The lowest BCUT2D eigenvalue weighted by atomic mass is 9.86. The Bertz CT molecular complexity index is 1200. The highest BCUT2D eigenvalue weighted by molar-refractivity contribution is 5.79. The average Bonchev–Trinajstić information content (AvgIpc) is 3.14. The molecule has 9 heteroatoms. The maximum Gasteiger partial charge on any atom is 0.306 e. The lowest BCUT2D eigenvalue weighted by molar-refractivity contribution is -0.143. The van der Waals surface area contributed by atoms with E-state index in [2.05, 4.69) is 34.4 Å². The fourth-order valence-electron chi connectivity index (χ4n) is 5.06. The topological polar surface area (TPSA) is 105 Å². The van der Waals surface area contributed by atoms with Gasteiger partial charge in [0.15, 0.2) is 5.65 Å². The van der Waals surface area contributed by atoms with E-state index in [1.165, 1.54) is 11.1 Å². The largest absolute Gasteiger partial charge is 0.495 e. The van der Waals surface area contributed by atoms with Crippen molar-refractivity contribution in [1.29, 1.82) is 0 Å². The number of fused-ring (bicyclic) bond motifs is 2. The third-order valence-electron chi connectivity index (χ3n) is 7.00. The van der Waals surface area contributed by atoms with Gasteiger partial charge in [-0.25, -0.2) is 9.67 Å². The van der Waals surface area contributed by atoms with Crippen LogP contribution in [0.15, 0.2) is 18.3 Å². The Hall–Kier alpha value is -3.20. The van der Waals surface area contributed by atoms with E-state index in [0.717, 1.165) is 60.5 Å². The second-order valence-electron chi connectivity index (χ2n) is 9.24. The minimum Gasteiger partial charge on any atom is -0.495 e. The van der Waals surface area contributed by atoms with Crippen LogP contribution in [0.1, 0.15) is 48.5 Å². The number of hydrogen-bond donors (Lipinski definition) is 2. The number of carbonyl (C=O) groups is 1. The molecule has 0 amide bonds. The van der Waals surface area contributed by atoms with Crippen molar-refractivity contribution in [3.05, 3.63) is 35.2 Å². The summed E-state index contributed by atoms with van der Waals surface area (Å²) in [6.45, 7) is 3.90. The molecule has 0 atom stereocenters. The van der Waals surface area contributed by atoms with E-state index < -0.39 is 5.97 Å². The second kappa shape index (κ2) is 8.62. The van der Waals surface area contributed by atoms with E-state index >= 15 is 0 Å². The number of ether oxygens (including phenoxy) is 1. The molecule has 0 bridgehead atoms. The zero-order valence-electron chi connectivity index (χ0n) is 19.3. The third-order valence-corrected chi connectivity index (χ3v) is 7.00. The molecule has 1 fully saturated rings. The summed E-state index contributed by atoms with van der Waals surface area (Å²) in [5.74, 6) is 0.310. The van der Waals surface area contributed by atoms with Crippen LogP contribution in [-0.4, -0.2) is 56.4 Å². The molecule has 174 valence electrons. The summed E-state index contributed by atoms with van der Waals surface area (Å²) >= 11 is 0. The fourth-order valence-corrected chi connectivity index (χ4v) is 5.06. The second-order valence-corrected chi connectivity index (χ2v) is 9.24. The molecule has 2 aromatic heterocycles. The zero-order valence-corrected chi connectivity index (χ0v) is 19.3. The molecule has 2 aliphatic rings. The number of aryl methyl sites for hydroxylation is 1. The first-order chi connectivity index (χ1) is 15.9. The number of rotatable bonds is 5. The van der Waals surface area contributed by atoms with Gasteiger partial charge in [0, 0.05) is 19.3 Å². The quantitative estimate of drug-likeness (QED) is 0.606. The third kappa shape index (κ3) is 4.13. The van der Waals surface area contributed by atoms with Gasteiger partial charge in [0.05, 0.1) is 35.8 Å². The minimum atomic E-state index is -0.700. The highest BCUT2D eigenvalue weighted by atomic mass is 16.5. The summed E-state index contributed by atoms with van der Waals surface area (Å²) < 4.78 is 7.62. The van der Waals surface area contributed by atoms with Crippen LogP contribution in [0.3, 0.4) is 0 Å². The summed E-state index contributed by atoms with van der Waals surface area (Å²) in [5.41, 5.74) is 5.10. The summed E-state index contributed by atoms with van der Waals surface area (Å²) in [6.07, 6.45) is 5.71. The van der Waals surface area contributed by atoms with Crippen molar-refractivity contribution < 1.29 is 14.6 Å². The van der Waals surface area contributed by atoms with Crippen molar-refractivity contribution in [3.63, 3.8) is 0 Å². The van der Waals surface area contributed by atoms with Gasteiger partial charge in [-0.15, -0.1) is 0 Å². The number of likely N-dealkylation sites (N-methyl/N-ethyl adjacent to an activating group) is 1. The average molecular weight is 451 g/mol. The van der Waals surface area contributed by atoms with Crippen molar-refractivity contribution in [2.45, 2.75) is 51.6 Å². The summed E-state index contributed by atoms with van der Waals surface area (Å²) in [6, 6.07) is 4.39. The van der Waals surface area contributed by atoms with E-state index in [4.69, 9.17) is 14.8 Å². The lowest BCUT2D eigenvalue weighted by Gasteiger charge is -2.26. The first-order valence-corrected chi connectivity index (χ1v) is 11.5. The summed E-state index contributed by atoms with van der Waals surface area (Å²) in [5, 5.41) is 18.3. The molecule has 1 aliphatic carbocycles. The predicted octanol–water partition coefficient (Wildman–Crippen LogP) is 3.69. The number of carboxylic acid groups (broad SMARTS) is 1. The number of anilines is 2. The number of carboxylic acids is 1. The summed E-state index contributed by atoms with van der Waals surface area (Å²) in [7, 11) is 3.81. The highest BCUT2D eigenvalue weighted by Crippen LogP contribution is 2.35. The Balaban J connectivity index is 1.45. The van der Waals surface area contributed by atoms with Crippen LogP contribution in [0.2, 0.25) is 0 Å². The van der Waals surface area contributed by atoms with Crippen molar-refractivity contribution in [1.82, 2.24) is 24.6 Å². The Morgan fingerprint density at radius 1 is 1.21 bits per heavy atom. The van der Waals surface area contributed by atoms with Gasteiger partial charge in [0.2, 0.25) is 5.95 Å². The van der Waals surface area contributed by atoms with Crippen molar-refractivity contribution >= 4 is 28.6 Å². The van der Waals surface area contributed by atoms with Crippen LogP contribution in [0.25, 0.3) is 11.0 Å². The van der Waals surface area contributed by atoms with Crippen molar-refractivity contribution in [3.8, 4) is 5.75 Å². The van der Waals surface area contributed by atoms with Crippen LogP contribution in [0.4, 0.5) is 11.6 Å². The van der Waals surface area contributed by atoms with Crippen LogP contribution in [0.5, 0.6) is 5.75 Å². The zero-order chi connectivity index (χ0) is 23.1. The molecule has 0 spiro atoms. The molecule has 2 N–H and O–H groups in total. The molecular formula is C24H30N6O3. The smallest absolute Gasteiger partial charge is 0.306 e. The maximum atomic E-state index is 11.3. The molecule has 0 saturated heterocycles. The molecule has 0 unspecified atom stereocenters. The Morgan fingerprint density at radius 2 is 2.00 bits per heavy atom. The van der Waals surface area contributed by atoms with Crippen LogP contribution >= 0.6 is 0 Å². The monoisotopic (exact) mass is 450 g/mol. The lowest BCUT2D eigenvalue weighted by Crippen LogP contribution is -2.26. The number of aromatic nitrogens is 4. The molecule has 5 rings (SSSR count). The molecule has 33 heavy (non-hydrogen) atoms. The van der Waals surface area contributed by atoms with Gasteiger partial charge in [-0.3, -0.25) is 4.79 Å². The van der Waals surface area contributed by atoms with Gasteiger partial charge in [-0.1, -0.05) is 0 Å². The number of nitrogens with zero attached hydrogens (tertiary/aromatic N) is 5. The van der Waals surface area contributed by atoms with Crippen LogP contribution in [0, 0.1) is 12.8 Å². The Kier molecular flexibility index (Phi) is 5.65. The molecule has 1 aliphatic heterocycles. The van der Waals surface area contributed by atoms with E-state index in [9.17, 15) is 9.90 Å². The van der Waals surface area contributed by atoms with Gasteiger partial charge >= 0.3 is 5.97 Å². The van der Waals surface area contributed by atoms with Gasteiger partial charge < -0.3 is 20.1 Å². The first-order valence-electron chi connectivity index (χ1n) is 11.5. The van der Waals surface area contributed by atoms with Gasteiger partial charge in [-0.05, 0) is 69.3 Å². The van der Waals surface area contributed by atoms with Crippen molar-refractivity contribution in [2.24, 2.45) is 5.92 Å². The van der Waals surface area contributed by atoms with Crippen molar-refractivity contribution in [2.75, 3.05) is 26.0 Å². The maximum absolute atomic E-state index is 11.3. The molecule has 1 aromatic carbocycles. The van der Waals surface area contributed by atoms with E-state index in [1.807, 2.05) is 17.8 Å². The highest BCUT2D eigenvalue weighted by Gasteiger charge is 2.29. The first kappa shape index (κ1) is 21.6. The number of benzene rings is 1. The number of hydrogen-bond acceptors (Lipinski definition) is 7. The van der Waals surface area contributed by atoms with E-state index in [0.29, 0.717) is 18.8 Å². The molecule has 9 nitrogen and oxygen atoms in total. The normalized spacial score (nSPS) is 21.1. The standard InChI is InChI=1S/C24H30N6O3/c1-14-19-12-25-24(26-20-10-17-13-29(2)9-8-16(17)11-21(20)33-3)27-22(19)30(28-14)18-6-4-15(5-7-18)23(31)32/h10-12,15,18H,4-9,13H2,1-3H3,(H,31,32)(H,25,26,27)/t15-,18+.